The minimum atomic E-state index is 0.0488. The normalized spacial score (nSPS) is 20.6. The quantitative estimate of drug-likeness (QED) is 0.767. The summed E-state index contributed by atoms with van der Waals surface area (Å²) in [6.45, 7) is 0.804. The average molecular weight is 249 g/mol. The van der Waals surface area contributed by atoms with E-state index in [9.17, 15) is 4.79 Å². The van der Waals surface area contributed by atoms with Gasteiger partial charge in [-0.1, -0.05) is 54.6 Å². The zero-order valence-corrected chi connectivity index (χ0v) is 10.6. The van der Waals surface area contributed by atoms with Crippen LogP contribution < -0.4 is 0 Å². The number of fused-ring (bicyclic) bond motifs is 1. The van der Waals surface area contributed by atoms with Gasteiger partial charge in [-0.25, -0.2) is 0 Å². The molecule has 1 aromatic carbocycles. The first-order chi connectivity index (χ1) is 9.38. The lowest BCUT2D eigenvalue weighted by atomic mass is 9.91. The topological polar surface area (TPSA) is 20.3 Å². The van der Waals surface area contributed by atoms with Crippen molar-refractivity contribution in [1.29, 1.82) is 0 Å². The van der Waals surface area contributed by atoms with Gasteiger partial charge < -0.3 is 4.90 Å². The van der Waals surface area contributed by atoms with Gasteiger partial charge in [0, 0.05) is 18.3 Å². The Hall–Kier alpha value is -2.35. The zero-order chi connectivity index (χ0) is 13.1. The molecule has 2 nitrogen and oxygen atoms in total. The maximum Gasteiger partial charge on any atom is 0.148 e. The van der Waals surface area contributed by atoms with E-state index in [2.05, 4.69) is 35.4 Å². The molecule has 1 atom stereocenters. The van der Waals surface area contributed by atoms with Gasteiger partial charge in [0.1, 0.15) is 6.29 Å². The van der Waals surface area contributed by atoms with Crippen LogP contribution in [0.2, 0.25) is 0 Å². The van der Waals surface area contributed by atoms with Crippen LogP contribution in [-0.4, -0.2) is 17.2 Å². The molecule has 0 bridgehead atoms. The van der Waals surface area contributed by atoms with Gasteiger partial charge in [0.2, 0.25) is 0 Å². The van der Waals surface area contributed by atoms with Crippen LogP contribution in [0.4, 0.5) is 0 Å². The van der Waals surface area contributed by atoms with Gasteiger partial charge in [0.05, 0.1) is 6.04 Å². The fourth-order valence-corrected chi connectivity index (χ4v) is 2.57. The van der Waals surface area contributed by atoms with Crippen LogP contribution in [0, 0.1) is 0 Å². The van der Waals surface area contributed by atoms with Gasteiger partial charge in [0.15, 0.2) is 0 Å². The second-order valence-electron chi connectivity index (χ2n) is 4.71. The van der Waals surface area contributed by atoms with Crippen LogP contribution in [0.5, 0.6) is 0 Å². The summed E-state index contributed by atoms with van der Waals surface area (Å²) in [5.41, 5.74) is 3.23. The lowest BCUT2D eigenvalue weighted by Gasteiger charge is -2.35. The highest BCUT2D eigenvalue weighted by molar-refractivity contribution is 5.79. The minimum Gasteiger partial charge on any atom is -0.362 e. The monoisotopic (exact) mass is 249 g/mol. The van der Waals surface area contributed by atoms with E-state index < -0.39 is 0 Å². The average Bonchev–Trinajstić information content (AvgIpc) is 2.48. The van der Waals surface area contributed by atoms with Crippen molar-refractivity contribution in [2.45, 2.75) is 12.6 Å². The molecule has 2 aliphatic rings. The molecule has 19 heavy (non-hydrogen) atoms. The molecule has 0 saturated carbocycles. The first kappa shape index (κ1) is 11.7. The Morgan fingerprint density at radius 3 is 2.74 bits per heavy atom. The Morgan fingerprint density at radius 1 is 1.11 bits per heavy atom. The van der Waals surface area contributed by atoms with Crippen LogP contribution in [0.3, 0.4) is 0 Å². The standard InChI is InChI=1S/C17H15NO/c19-13-16-9-4-8-15-10-5-11-18(17(15)16)12-14-6-2-1-3-7-14/h1-11,13,17H,12H2. The summed E-state index contributed by atoms with van der Waals surface area (Å²) in [6, 6.07) is 10.4. The molecular weight excluding hydrogens is 234 g/mol. The first-order valence-electron chi connectivity index (χ1n) is 6.40. The number of allylic oxidation sites excluding steroid dienone is 4. The lowest BCUT2D eigenvalue weighted by Crippen LogP contribution is -2.36. The van der Waals surface area contributed by atoms with Gasteiger partial charge in [0.25, 0.3) is 0 Å². The number of hydrogen-bond acceptors (Lipinski definition) is 2. The second kappa shape index (κ2) is 5.11. The van der Waals surface area contributed by atoms with Gasteiger partial charge >= 0.3 is 0 Å². The van der Waals surface area contributed by atoms with Crippen molar-refractivity contribution in [3.63, 3.8) is 0 Å². The van der Waals surface area contributed by atoms with Crippen LogP contribution in [-0.2, 0) is 11.3 Å². The molecule has 1 aliphatic heterocycles. The van der Waals surface area contributed by atoms with Crippen LogP contribution in [0.15, 0.2) is 78.1 Å². The molecule has 0 saturated heterocycles. The van der Waals surface area contributed by atoms with Crippen LogP contribution in [0.25, 0.3) is 0 Å². The van der Waals surface area contributed by atoms with E-state index in [0.717, 1.165) is 18.4 Å². The maximum atomic E-state index is 11.2. The Morgan fingerprint density at radius 2 is 1.95 bits per heavy atom. The highest BCUT2D eigenvalue weighted by Crippen LogP contribution is 2.27. The number of carbonyl (C=O) groups excluding carboxylic acids is 1. The van der Waals surface area contributed by atoms with E-state index in [0.29, 0.717) is 0 Å². The van der Waals surface area contributed by atoms with E-state index in [-0.39, 0.29) is 6.04 Å². The number of benzene rings is 1. The summed E-state index contributed by atoms with van der Waals surface area (Å²) in [5, 5.41) is 0. The fraction of sp³-hybridized carbons (Fsp3) is 0.118. The molecule has 3 rings (SSSR count). The molecule has 94 valence electrons. The Labute approximate surface area is 113 Å². The van der Waals surface area contributed by atoms with Crippen molar-refractivity contribution in [2.24, 2.45) is 0 Å². The molecule has 0 amide bonds. The zero-order valence-electron chi connectivity index (χ0n) is 10.6. The molecule has 0 radical (unpaired) electrons. The molecule has 0 fully saturated rings. The molecule has 1 aromatic rings. The lowest BCUT2D eigenvalue weighted by molar-refractivity contribution is -0.105. The van der Waals surface area contributed by atoms with Gasteiger partial charge in [-0.05, 0) is 17.2 Å². The Kier molecular flexibility index (Phi) is 3.15. The van der Waals surface area contributed by atoms with Crippen LogP contribution in [0.1, 0.15) is 5.56 Å². The summed E-state index contributed by atoms with van der Waals surface area (Å²) >= 11 is 0. The highest BCUT2D eigenvalue weighted by atomic mass is 16.1. The number of rotatable bonds is 3. The van der Waals surface area contributed by atoms with Crippen LogP contribution >= 0.6 is 0 Å². The third-order valence-electron chi connectivity index (χ3n) is 3.45. The molecule has 0 N–H and O–H groups in total. The molecule has 1 unspecified atom stereocenters. The largest absolute Gasteiger partial charge is 0.362 e. The van der Waals surface area contributed by atoms with Crippen molar-refractivity contribution in [1.82, 2.24) is 4.90 Å². The smallest absolute Gasteiger partial charge is 0.148 e. The summed E-state index contributed by atoms with van der Waals surface area (Å²) in [7, 11) is 0. The third-order valence-corrected chi connectivity index (χ3v) is 3.45. The van der Waals surface area contributed by atoms with E-state index in [4.69, 9.17) is 0 Å². The molecule has 0 spiro atoms. The second-order valence-corrected chi connectivity index (χ2v) is 4.71. The molecular formula is C17H15NO. The summed E-state index contributed by atoms with van der Waals surface area (Å²) in [4.78, 5) is 13.4. The predicted octanol–water partition coefficient (Wildman–Crippen LogP) is 3.01. The van der Waals surface area contributed by atoms with E-state index in [1.807, 2.05) is 36.4 Å². The third kappa shape index (κ3) is 2.29. The minimum absolute atomic E-state index is 0.0488. The Balaban J connectivity index is 1.88. The SMILES string of the molecule is O=CC1=CC=CC2=CC=CN(Cc3ccccc3)C12. The van der Waals surface area contributed by atoms with E-state index in [1.54, 1.807) is 0 Å². The fourth-order valence-electron chi connectivity index (χ4n) is 2.57. The Bertz CT molecular complexity index is 585. The number of hydrogen-bond donors (Lipinski definition) is 0. The van der Waals surface area contributed by atoms with E-state index in [1.165, 1.54) is 11.1 Å². The van der Waals surface area contributed by atoms with Crippen molar-refractivity contribution in [3.8, 4) is 0 Å². The summed E-state index contributed by atoms with van der Waals surface area (Å²) in [5.74, 6) is 0. The van der Waals surface area contributed by atoms with E-state index >= 15 is 0 Å². The van der Waals surface area contributed by atoms with Gasteiger partial charge in [-0.2, -0.15) is 0 Å². The molecule has 1 heterocycles. The molecule has 2 heteroatoms. The van der Waals surface area contributed by atoms with Crippen molar-refractivity contribution < 1.29 is 4.79 Å². The first-order valence-corrected chi connectivity index (χ1v) is 6.40. The summed E-state index contributed by atoms with van der Waals surface area (Å²) < 4.78 is 0. The van der Waals surface area contributed by atoms with Gasteiger partial charge in [-0.3, -0.25) is 4.79 Å². The highest BCUT2D eigenvalue weighted by Gasteiger charge is 2.26. The number of aldehydes is 1. The van der Waals surface area contributed by atoms with Crippen molar-refractivity contribution in [3.05, 3.63) is 83.6 Å². The maximum absolute atomic E-state index is 11.2. The van der Waals surface area contributed by atoms with Gasteiger partial charge in [-0.15, -0.1) is 0 Å². The predicted molar refractivity (Wildman–Crippen MR) is 76.3 cm³/mol. The summed E-state index contributed by atoms with van der Waals surface area (Å²) in [6.07, 6.45) is 13.0. The molecule has 0 aromatic heterocycles. The van der Waals surface area contributed by atoms with Crippen molar-refractivity contribution >= 4 is 6.29 Å². The molecule has 1 aliphatic carbocycles. The van der Waals surface area contributed by atoms with Crippen molar-refractivity contribution in [2.75, 3.05) is 0 Å². The number of carbonyl (C=O) groups is 1. The number of nitrogens with zero attached hydrogens (tertiary/aromatic N) is 1.